The van der Waals surface area contributed by atoms with Crippen LogP contribution in [0.25, 0.3) is 10.2 Å². The van der Waals surface area contributed by atoms with Crippen molar-refractivity contribution in [2.24, 2.45) is 0 Å². The summed E-state index contributed by atoms with van der Waals surface area (Å²) < 4.78 is 27.5. The minimum absolute atomic E-state index is 0.0573. The number of hydrogen-bond donors (Lipinski definition) is 0. The molecule has 1 saturated heterocycles. The summed E-state index contributed by atoms with van der Waals surface area (Å²) in [4.78, 5) is 19.0. The maximum atomic E-state index is 12.8. The number of carbonyl (C=O) groups excluding carboxylic acids is 1. The van der Waals surface area contributed by atoms with E-state index in [1.807, 2.05) is 24.3 Å². The van der Waals surface area contributed by atoms with E-state index in [-0.39, 0.29) is 23.1 Å². The summed E-state index contributed by atoms with van der Waals surface area (Å²) in [6.07, 6.45) is 0.447. The number of thioether (sulfide) groups is 1. The average molecular weight is 453 g/mol. The molecule has 0 N–H and O–H groups in total. The van der Waals surface area contributed by atoms with Crippen LogP contribution in [0.5, 0.6) is 0 Å². The molecule has 9 heteroatoms. The van der Waals surface area contributed by atoms with Crippen LogP contribution in [-0.2, 0) is 14.6 Å². The third kappa shape index (κ3) is 4.05. The fourth-order valence-corrected chi connectivity index (χ4v) is 6.94. The van der Waals surface area contributed by atoms with Gasteiger partial charge in [-0.25, -0.2) is 13.4 Å². The molecule has 0 saturated carbocycles. The van der Waals surface area contributed by atoms with Gasteiger partial charge in [0, 0.05) is 18.1 Å². The molecule has 0 radical (unpaired) electrons. The molecule has 146 valence electrons. The second kappa shape index (κ2) is 8.02. The van der Waals surface area contributed by atoms with E-state index < -0.39 is 15.1 Å². The van der Waals surface area contributed by atoms with Crippen LogP contribution < -0.4 is 0 Å². The molecule has 1 atom stereocenters. The zero-order valence-corrected chi connectivity index (χ0v) is 18.0. The van der Waals surface area contributed by atoms with Gasteiger partial charge in [0.2, 0.25) is 5.91 Å². The summed E-state index contributed by atoms with van der Waals surface area (Å²) in [6.45, 7) is 0.681. The van der Waals surface area contributed by atoms with E-state index in [4.69, 9.17) is 11.6 Å². The number of amides is 1. The van der Waals surface area contributed by atoms with Crippen molar-refractivity contribution in [1.82, 2.24) is 9.88 Å². The van der Waals surface area contributed by atoms with Gasteiger partial charge in [-0.1, -0.05) is 35.5 Å². The highest BCUT2D eigenvalue weighted by molar-refractivity contribution is 8.01. The molecule has 1 aliphatic heterocycles. The molecule has 0 bridgehead atoms. The number of benzene rings is 2. The van der Waals surface area contributed by atoms with Crippen LogP contribution in [0.3, 0.4) is 0 Å². The molecule has 0 aliphatic carbocycles. The molecule has 5 nitrogen and oxygen atoms in total. The summed E-state index contributed by atoms with van der Waals surface area (Å²) >= 11 is 8.80. The van der Waals surface area contributed by atoms with Gasteiger partial charge in [0.05, 0.1) is 26.1 Å². The third-order valence-electron chi connectivity index (χ3n) is 4.67. The van der Waals surface area contributed by atoms with E-state index >= 15 is 0 Å². The lowest BCUT2D eigenvalue weighted by Crippen LogP contribution is -2.33. The van der Waals surface area contributed by atoms with Crippen molar-refractivity contribution in [1.29, 1.82) is 0 Å². The number of thiazole rings is 1. The van der Waals surface area contributed by atoms with Crippen LogP contribution in [0.1, 0.15) is 6.42 Å². The van der Waals surface area contributed by atoms with Crippen molar-refractivity contribution in [3.63, 3.8) is 0 Å². The molecule has 3 aromatic rings. The Labute approximate surface area is 176 Å². The highest BCUT2D eigenvalue weighted by Gasteiger charge is 2.36. The zero-order valence-electron chi connectivity index (χ0n) is 14.7. The SMILES string of the molecule is O=C(CSc1nc2ccccc2s1)N1CCC(S(=O)(=O)c2ccc(Cl)cc2)C1. The monoisotopic (exact) mass is 452 g/mol. The first kappa shape index (κ1) is 19.7. The van der Waals surface area contributed by atoms with Gasteiger partial charge in [0.15, 0.2) is 14.2 Å². The Hall–Kier alpha value is -1.61. The van der Waals surface area contributed by atoms with E-state index in [0.29, 0.717) is 18.0 Å². The van der Waals surface area contributed by atoms with E-state index in [2.05, 4.69) is 4.98 Å². The van der Waals surface area contributed by atoms with Crippen LogP contribution in [0.4, 0.5) is 0 Å². The van der Waals surface area contributed by atoms with Crippen molar-refractivity contribution >= 4 is 60.7 Å². The van der Waals surface area contributed by atoms with E-state index in [9.17, 15) is 13.2 Å². The number of likely N-dealkylation sites (tertiary alicyclic amines) is 1. The first-order valence-corrected chi connectivity index (χ1v) is 12.4. The van der Waals surface area contributed by atoms with Gasteiger partial charge in [-0.2, -0.15) is 0 Å². The van der Waals surface area contributed by atoms with Gasteiger partial charge in [0.1, 0.15) is 0 Å². The number of fused-ring (bicyclic) bond motifs is 1. The van der Waals surface area contributed by atoms with Crippen molar-refractivity contribution in [2.75, 3.05) is 18.8 Å². The third-order valence-corrected chi connectivity index (χ3v) is 9.28. The number of para-hydroxylation sites is 1. The summed E-state index contributed by atoms with van der Waals surface area (Å²) in [5.41, 5.74) is 0.928. The largest absolute Gasteiger partial charge is 0.341 e. The van der Waals surface area contributed by atoms with E-state index in [1.165, 1.54) is 23.9 Å². The van der Waals surface area contributed by atoms with Gasteiger partial charge >= 0.3 is 0 Å². The Bertz CT molecular complexity index is 1080. The molecule has 1 amide bonds. The van der Waals surface area contributed by atoms with Crippen molar-refractivity contribution in [3.05, 3.63) is 53.6 Å². The van der Waals surface area contributed by atoms with Crippen LogP contribution in [-0.4, -0.2) is 48.3 Å². The fraction of sp³-hybridized carbons (Fsp3) is 0.263. The molecule has 1 fully saturated rings. The minimum Gasteiger partial charge on any atom is -0.341 e. The predicted octanol–water partition coefficient (Wildman–Crippen LogP) is 4.12. The van der Waals surface area contributed by atoms with Gasteiger partial charge < -0.3 is 4.90 Å². The Morgan fingerprint density at radius 1 is 1.21 bits per heavy atom. The lowest BCUT2D eigenvalue weighted by atomic mass is 10.3. The Balaban J connectivity index is 1.38. The van der Waals surface area contributed by atoms with Gasteiger partial charge in [-0.15, -0.1) is 11.3 Å². The highest BCUT2D eigenvalue weighted by Crippen LogP contribution is 2.30. The van der Waals surface area contributed by atoms with Crippen molar-refractivity contribution in [2.45, 2.75) is 20.9 Å². The molecule has 4 rings (SSSR count). The predicted molar refractivity (Wildman–Crippen MR) is 114 cm³/mol. The second-order valence-corrected chi connectivity index (χ2v) is 11.4. The Kier molecular flexibility index (Phi) is 5.64. The summed E-state index contributed by atoms with van der Waals surface area (Å²) in [6, 6.07) is 14.0. The number of sulfone groups is 1. The smallest absolute Gasteiger partial charge is 0.233 e. The molecule has 2 heterocycles. The quantitative estimate of drug-likeness (QED) is 0.545. The molecular weight excluding hydrogens is 436 g/mol. The number of carbonyl (C=O) groups is 1. The Morgan fingerprint density at radius 2 is 1.96 bits per heavy atom. The first-order valence-electron chi connectivity index (χ1n) is 8.69. The van der Waals surface area contributed by atoms with Gasteiger partial charge in [-0.3, -0.25) is 4.79 Å². The minimum atomic E-state index is -3.48. The molecule has 28 heavy (non-hydrogen) atoms. The van der Waals surface area contributed by atoms with Crippen LogP contribution in [0, 0.1) is 0 Å². The average Bonchev–Trinajstić information content (AvgIpc) is 3.34. The van der Waals surface area contributed by atoms with Crippen LogP contribution >= 0.6 is 34.7 Å². The van der Waals surface area contributed by atoms with Crippen LogP contribution in [0.2, 0.25) is 5.02 Å². The maximum absolute atomic E-state index is 12.8. The van der Waals surface area contributed by atoms with Gasteiger partial charge in [-0.05, 0) is 42.8 Å². The molecule has 1 unspecified atom stereocenters. The molecule has 0 spiro atoms. The second-order valence-electron chi connectivity index (χ2n) is 6.49. The standard InChI is InChI=1S/C19H17ClN2O3S3/c20-13-5-7-14(8-6-13)28(24,25)15-9-10-22(11-15)18(23)12-26-19-21-16-3-1-2-4-17(16)27-19/h1-8,15H,9-12H2. The first-order chi connectivity index (χ1) is 13.4. The number of nitrogens with zero attached hydrogens (tertiary/aromatic N) is 2. The maximum Gasteiger partial charge on any atom is 0.233 e. The zero-order chi connectivity index (χ0) is 19.7. The molecule has 2 aromatic carbocycles. The summed E-state index contributed by atoms with van der Waals surface area (Å²) in [7, 11) is -3.48. The van der Waals surface area contributed by atoms with Crippen molar-refractivity contribution < 1.29 is 13.2 Å². The number of halogens is 1. The Morgan fingerprint density at radius 3 is 2.71 bits per heavy atom. The van der Waals surface area contributed by atoms with E-state index in [1.54, 1.807) is 28.4 Å². The topological polar surface area (TPSA) is 67.3 Å². The van der Waals surface area contributed by atoms with E-state index in [0.717, 1.165) is 14.6 Å². The van der Waals surface area contributed by atoms with Gasteiger partial charge in [0.25, 0.3) is 0 Å². The molecule has 1 aliphatic rings. The number of aromatic nitrogens is 1. The highest BCUT2D eigenvalue weighted by atomic mass is 35.5. The molecule has 1 aromatic heterocycles. The fourth-order valence-electron chi connectivity index (χ4n) is 3.15. The number of hydrogen-bond acceptors (Lipinski definition) is 6. The lowest BCUT2D eigenvalue weighted by Gasteiger charge is -2.16. The normalized spacial score (nSPS) is 17.3. The van der Waals surface area contributed by atoms with Crippen molar-refractivity contribution in [3.8, 4) is 0 Å². The van der Waals surface area contributed by atoms with Crippen LogP contribution in [0.15, 0.2) is 57.8 Å². The summed E-state index contributed by atoms with van der Waals surface area (Å²) in [5.74, 6) is 0.200. The lowest BCUT2D eigenvalue weighted by molar-refractivity contribution is -0.127. The summed E-state index contributed by atoms with van der Waals surface area (Å²) in [5, 5.41) is -0.0841. The molecular formula is C19H17ClN2O3S3. The number of rotatable bonds is 5.